The van der Waals surface area contributed by atoms with E-state index in [0.29, 0.717) is 5.02 Å². The number of nitrogens with two attached hydrogens (primary N) is 1. The smallest absolute Gasteiger partial charge is 0.0772 e. The molecule has 1 unspecified atom stereocenters. The molecule has 1 aromatic rings. The number of rotatable bonds is 8. The third-order valence-electron chi connectivity index (χ3n) is 2.91. The number of aromatic nitrogens is 1. The molecular formula is C13H22ClN3. The molecule has 0 radical (unpaired) electrons. The Bertz CT molecular complexity index is 317. The first kappa shape index (κ1) is 14.4. The minimum Gasteiger partial charge on any atom is -0.271 e. The molecule has 1 heterocycles. The van der Waals surface area contributed by atoms with Gasteiger partial charge in [-0.25, -0.2) is 0 Å². The van der Waals surface area contributed by atoms with Gasteiger partial charge in [-0.1, -0.05) is 50.6 Å². The molecule has 1 aromatic heterocycles. The molecule has 17 heavy (non-hydrogen) atoms. The van der Waals surface area contributed by atoms with E-state index in [-0.39, 0.29) is 6.04 Å². The zero-order valence-corrected chi connectivity index (χ0v) is 11.2. The van der Waals surface area contributed by atoms with Crippen LogP contribution in [0.4, 0.5) is 0 Å². The summed E-state index contributed by atoms with van der Waals surface area (Å²) in [5, 5.41) is 0.684. The van der Waals surface area contributed by atoms with Gasteiger partial charge in [0.05, 0.1) is 16.8 Å². The van der Waals surface area contributed by atoms with Crippen LogP contribution in [0.15, 0.2) is 18.3 Å². The minimum absolute atomic E-state index is 0.0605. The van der Waals surface area contributed by atoms with E-state index >= 15 is 0 Å². The summed E-state index contributed by atoms with van der Waals surface area (Å²) in [5.41, 5.74) is 3.66. The van der Waals surface area contributed by atoms with E-state index in [4.69, 9.17) is 17.4 Å². The molecule has 0 bridgehead atoms. The van der Waals surface area contributed by atoms with E-state index in [2.05, 4.69) is 17.3 Å². The number of nitrogens with one attached hydrogen (secondary N) is 1. The standard InChI is InChI=1S/C13H22ClN3/c1-2-3-4-5-6-9-12(17-15)13-11(14)8-7-10-16-13/h7-8,10,12,17H,2-6,9,15H2,1H3. The van der Waals surface area contributed by atoms with Gasteiger partial charge in [-0.15, -0.1) is 0 Å². The maximum atomic E-state index is 6.10. The van der Waals surface area contributed by atoms with E-state index in [1.165, 1.54) is 25.7 Å². The van der Waals surface area contributed by atoms with Crippen molar-refractivity contribution in [1.82, 2.24) is 10.4 Å². The second-order valence-electron chi connectivity index (χ2n) is 4.29. The molecule has 0 amide bonds. The molecule has 3 N–H and O–H groups in total. The Morgan fingerprint density at radius 3 is 2.76 bits per heavy atom. The third-order valence-corrected chi connectivity index (χ3v) is 3.23. The van der Waals surface area contributed by atoms with Gasteiger partial charge in [0.15, 0.2) is 0 Å². The second kappa shape index (κ2) is 8.45. The van der Waals surface area contributed by atoms with Crippen LogP contribution in [-0.2, 0) is 0 Å². The topological polar surface area (TPSA) is 50.9 Å². The lowest BCUT2D eigenvalue weighted by molar-refractivity contribution is 0.470. The van der Waals surface area contributed by atoms with E-state index in [9.17, 15) is 0 Å². The van der Waals surface area contributed by atoms with Crippen LogP contribution in [-0.4, -0.2) is 4.98 Å². The van der Waals surface area contributed by atoms with Gasteiger partial charge in [0.1, 0.15) is 0 Å². The van der Waals surface area contributed by atoms with E-state index in [0.717, 1.165) is 18.5 Å². The third kappa shape index (κ3) is 5.02. The molecule has 0 aliphatic heterocycles. The Balaban J connectivity index is 2.41. The van der Waals surface area contributed by atoms with Crippen molar-refractivity contribution in [1.29, 1.82) is 0 Å². The molecule has 0 saturated carbocycles. The van der Waals surface area contributed by atoms with Gasteiger partial charge in [0, 0.05) is 6.20 Å². The van der Waals surface area contributed by atoms with Gasteiger partial charge in [-0.3, -0.25) is 16.3 Å². The molecule has 0 aliphatic rings. The fourth-order valence-electron chi connectivity index (χ4n) is 1.91. The van der Waals surface area contributed by atoms with Crippen molar-refractivity contribution in [3.05, 3.63) is 29.0 Å². The first-order valence-electron chi connectivity index (χ1n) is 6.36. The van der Waals surface area contributed by atoms with E-state index < -0.39 is 0 Å². The highest BCUT2D eigenvalue weighted by Gasteiger charge is 2.13. The molecule has 0 saturated heterocycles. The van der Waals surface area contributed by atoms with Crippen molar-refractivity contribution < 1.29 is 0 Å². The Kier molecular flexibility index (Phi) is 7.17. The lowest BCUT2D eigenvalue weighted by Crippen LogP contribution is -2.28. The summed E-state index contributed by atoms with van der Waals surface area (Å²) in [6.07, 6.45) is 9.01. The Morgan fingerprint density at radius 1 is 1.35 bits per heavy atom. The number of pyridine rings is 1. The Morgan fingerprint density at radius 2 is 2.12 bits per heavy atom. The second-order valence-corrected chi connectivity index (χ2v) is 4.70. The lowest BCUT2D eigenvalue weighted by Gasteiger charge is -2.16. The normalized spacial score (nSPS) is 12.6. The maximum Gasteiger partial charge on any atom is 0.0772 e. The van der Waals surface area contributed by atoms with Crippen LogP contribution in [0.2, 0.25) is 5.02 Å². The Labute approximate surface area is 109 Å². The number of hydrogen-bond acceptors (Lipinski definition) is 3. The predicted octanol–water partition coefficient (Wildman–Crippen LogP) is 3.60. The quantitative estimate of drug-likeness (QED) is 0.424. The van der Waals surface area contributed by atoms with Crippen LogP contribution < -0.4 is 11.3 Å². The Hall–Kier alpha value is -0.640. The summed E-state index contributed by atoms with van der Waals surface area (Å²) in [5.74, 6) is 5.57. The minimum atomic E-state index is 0.0605. The average molecular weight is 256 g/mol. The van der Waals surface area contributed by atoms with Crippen molar-refractivity contribution in [3.8, 4) is 0 Å². The summed E-state index contributed by atoms with van der Waals surface area (Å²) in [4.78, 5) is 4.29. The average Bonchev–Trinajstić information content (AvgIpc) is 2.35. The number of nitrogens with zero attached hydrogens (tertiary/aromatic N) is 1. The van der Waals surface area contributed by atoms with Crippen molar-refractivity contribution in [3.63, 3.8) is 0 Å². The van der Waals surface area contributed by atoms with Crippen molar-refractivity contribution in [2.45, 2.75) is 51.5 Å². The zero-order valence-electron chi connectivity index (χ0n) is 10.5. The summed E-state index contributed by atoms with van der Waals surface area (Å²) in [6.45, 7) is 2.22. The molecule has 0 aromatic carbocycles. The highest BCUT2D eigenvalue weighted by molar-refractivity contribution is 6.31. The van der Waals surface area contributed by atoms with Crippen LogP contribution in [0.5, 0.6) is 0 Å². The fraction of sp³-hybridized carbons (Fsp3) is 0.615. The van der Waals surface area contributed by atoms with Gasteiger partial charge >= 0.3 is 0 Å². The molecule has 3 nitrogen and oxygen atoms in total. The molecule has 0 aliphatic carbocycles. The van der Waals surface area contributed by atoms with Crippen molar-refractivity contribution in [2.75, 3.05) is 0 Å². The van der Waals surface area contributed by atoms with Gasteiger partial charge in [-0.05, 0) is 18.6 Å². The van der Waals surface area contributed by atoms with Gasteiger partial charge in [-0.2, -0.15) is 0 Å². The molecule has 1 atom stereocenters. The first-order chi connectivity index (χ1) is 8.29. The predicted molar refractivity (Wildman–Crippen MR) is 72.7 cm³/mol. The maximum absolute atomic E-state index is 6.10. The summed E-state index contributed by atoms with van der Waals surface area (Å²) < 4.78 is 0. The van der Waals surface area contributed by atoms with Gasteiger partial charge in [0.2, 0.25) is 0 Å². The van der Waals surface area contributed by atoms with Crippen LogP contribution in [0.25, 0.3) is 0 Å². The summed E-state index contributed by atoms with van der Waals surface area (Å²) in [6, 6.07) is 3.75. The van der Waals surface area contributed by atoms with Crippen LogP contribution in [0, 0.1) is 0 Å². The van der Waals surface area contributed by atoms with Crippen LogP contribution in [0.3, 0.4) is 0 Å². The highest BCUT2D eigenvalue weighted by atomic mass is 35.5. The highest BCUT2D eigenvalue weighted by Crippen LogP contribution is 2.24. The van der Waals surface area contributed by atoms with Crippen molar-refractivity contribution >= 4 is 11.6 Å². The van der Waals surface area contributed by atoms with E-state index in [1.807, 2.05) is 12.1 Å². The molecule has 96 valence electrons. The summed E-state index contributed by atoms with van der Waals surface area (Å²) in [7, 11) is 0. The number of hydrazine groups is 1. The number of hydrogen-bond donors (Lipinski definition) is 2. The molecular weight excluding hydrogens is 234 g/mol. The molecule has 4 heteroatoms. The monoisotopic (exact) mass is 255 g/mol. The number of unbranched alkanes of at least 4 members (excludes halogenated alkanes) is 4. The molecule has 0 fully saturated rings. The van der Waals surface area contributed by atoms with Gasteiger partial charge in [0.25, 0.3) is 0 Å². The SMILES string of the molecule is CCCCCCCC(NN)c1ncccc1Cl. The molecule has 1 rings (SSSR count). The van der Waals surface area contributed by atoms with Crippen LogP contribution in [0.1, 0.15) is 57.2 Å². The van der Waals surface area contributed by atoms with Crippen LogP contribution >= 0.6 is 11.6 Å². The van der Waals surface area contributed by atoms with Gasteiger partial charge < -0.3 is 0 Å². The molecule has 0 spiro atoms. The zero-order chi connectivity index (χ0) is 12.5. The lowest BCUT2D eigenvalue weighted by atomic mass is 10.0. The van der Waals surface area contributed by atoms with Crippen molar-refractivity contribution in [2.24, 2.45) is 5.84 Å². The summed E-state index contributed by atoms with van der Waals surface area (Å²) >= 11 is 6.10. The van der Waals surface area contributed by atoms with E-state index in [1.54, 1.807) is 6.20 Å². The largest absolute Gasteiger partial charge is 0.271 e. The number of halogens is 1. The first-order valence-corrected chi connectivity index (χ1v) is 6.74. The fourth-order valence-corrected chi connectivity index (χ4v) is 2.16.